The van der Waals surface area contributed by atoms with Crippen LogP contribution in [0.5, 0.6) is 0 Å². The molecule has 61 heavy (non-hydrogen) atoms. The molecule has 0 aromatic carbocycles. The van der Waals surface area contributed by atoms with Gasteiger partial charge in [0.15, 0.2) is 0 Å². The number of carbonyl (C=O) groups excluding carboxylic acids is 5. The second-order valence-electron chi connectivity index (χ2n) is 18.0. The third kappa shape index (κ3) is 33.8. The van der Waals surface area contributed by atoms with Gasteiger partial charge in [0.25, 0.3) is 0 Å². The number of hydrogen-bond acceptors (Lipinski definition) is 16. The highest BCUT2D eigenvalue weighted by Crippen LogP contribution is 2.11. The van der Waals surface area contributed by atoms with Crippen LogP contribution in [0.2, 0.25) is 0 Å². The Bertz CT molecular complexity index is 1270. The first-order valence-corrected chi connectivity index (χ1v) is 21.5. The summed E-state index contributed by atoms with van der Waals surface area (Å²) in [6.45, 7) is 23.6. The van der Waals surface area contributed by atoms with E-state index < -0.39 is 22.8 Å². The first-order valence-electron chi connectivity index (χ1n) is 21.5. The van der Waals surface area contributed by atoms with E-state index in [0.717, 1.165) is 0 Å². The topological polar surface area (TPSA) is 215 Å². The van der Waals surface area contributed by atoms with Gasteiger partial charge in [-0.3, -0.25) is 48.4 Å². The van der Waals surface area contributed by atoms with Gasteiger partial charge in [-0.15, -0.1) is 0 Å². The highest BCUT2D eigenvalue weighted by Gasteiger charge is 2.26. The Labute approximate surface area is 363 Å². The maximum Gasteiger partial charge on any atom is 0.320 e. The molecule has 0 radical (unpaired) electrons. The van der Waals surface area contributed by atoms with Crippen LogP contribution in [-0.4, -0.2) is 208 Å². The Hall–Kier alpha value is -3.46. The lowest BCUT2D eigenvalue weighted by atomic mass is 10.2. The summed E-state index contributed by atoms with van der Waals surface area (Å²) in [6.07, 6.45) is 0.986. The number of carboxylic acid groups (broad SMARTS) is 1. The number of ether oxygens (including phenoxy) is 6. The van der Waals surface area contributed by atoms with E-state index in [9.17, 15) is 28.8 Å². The molecule has 3 N–H and O–H groups in total. The van der Waals surface area contributed by atoms with E-state index >= 15 is 0 Å². The van der Waals surface area contributed by atoms with Crippen LogP contribution in [0.4, 0.5) is 0 Å². The summed E-state index contributed by atoms with van der Waals surface area (Å²) in [6, 6.07) is 0. The largest absolute Gasteiger partial charge is 0.481 e. The lowest BCUT2D eigenvalue weighted by molar-refractivity contribution is -0.158. The van der Waals surface area contributed by atoms with Crippen LogP contribution in [0.15, 0.2) is 0 Å². The van der Waals surface area contributed by atoms with E-state index in [-0.39, 0.29) is 68.7 Å². The fourth-order valence-corrected chi connectivity index (χ4v) is 5.79. The van der Waals surface area contributed by atoms with Crippen molar-refractivity contribution in [1.82, 2.24) is 30.2 Å². The minimum atomic E-state index is -1.00. The summed E-state index contributed by atoms with van der Waals surface area (Å²) in [5, 5.41) is 14.2. The van der Waals surface area contributed by atoms with Gasteiger partial charge < -0.3 is 44.2 Å². The van der Waals surface area contributed by atoms with Crippen molar-refractivity contribution in [2.45, 2.75) is 105 Å². The van der Waals surface area contributed by atoms with Gasteiger partial charge in [-0.25, -0.2) is 0 Å². The molecule has 0 bridgehead atoms. The van der Waals surface area contributed by atoms with Crippen LogP contribution in [0.1, 0.15) is 88.0 Å². The summed E-state index contributed by atoms with van der Waals surface area (Å²) in [5.74, 6) is -2.54. The monoisotopic (exact) mass is 875 g/mol. The van der Waals surface area contributed by atoms with Crippen LogP contribution < -0.4 is 10.6 Å². The van der Waals surface area contributed by atoms with Gasteiger partial charge in [0.1, 0.15) is 16.8 Å². The summed E-state index contributed by atoms with van der Waals surface area (Å²) < 4.78 is 33.5. The zero-order valence-electron chi connectivity index (χ0n) is 38.6. The number of nitrogens with zero attached hydrogens (tertiary/aromatic N) is 4. The number of aliphatic carboxylic acids is 1. The molecule has 1 aliphatic heterocycles. The van der Waals surface area contributed by atoms with Gasteiger partial charge in [-0.1, -0.05) is 0 Å². The number of amides is 2. The highest BCUT2D eigenvalue weighted by atomic mass is 16.6. The second kappa shape index (κ2) is 29.8. The highest BCUT2D eigenvalue weighted by molar-refractivity contribution is 5.80. The first kappa shape index (κ1) is 55.6. The van der Waals surface area contributed by atoms with Crippen molar-refractivity contribution in [3.8, 4) is 0 Å². The summed E-state index contributed by atoms with van der Waals surface area (Å²) in [7, 11) is 0. The lowest BCUT2D eigenvalue weighted by Crippen LogP contribution is -2.50. The third-order valence-corrected chi connectivity index (χ3v) is 8.50. The molecule has 354 valence electrons. The van der Waals surface area contributed by atoms with E-state index in [0.29, 0.717) is 118 Å². The average molecular weight is 875 g/mol. The minimum absolute atomic E-state index is 0.0394. The quantitative estimate of drug-likeness (QED) is 0.0667. The molecule has 1 rings (SSSR count). The van der Waals surface area contributed by atoms with Crippen LogP contribution in [0.3, 0.4) is 0 Å². The molecule has 2 amide bonds. The smallest absolute Gasteiger partial charge is 0.320 e. The van der Waals surface area contributed by atoms with Crippen LogP contribution >= 0.6 is 0 Å². The summed E-state index contributed by atoms with van der Waals surface area (Å²) in [5.41, 5.74) is -1.95. The van der Waals surface area contributed by atoms with Crippen molar-refractivity contribution in [1.29, 1.82) is 0 Å². The molecule has 1 aliphatic rings. The molecule has 1 heterocycles. The SMILES string of the molecule is CC(C)(C)OC(=O)CN1CCN(CC(=O)NCCCOCCOCCOCCCNC(=O)CCC(=O)O)CCN(CC(=O)OC(C)(C)C)CCN(CC(=O)OC(C)(C)C)CC1. The van der Waals surface area contributed by atoms with Crippen molar-refractivity contribution in [2.75, 3.05) is 131 Å². The third-order valence-electron chi connectivity index (χ3n) is 8.50. The average Bonchev–Trinajstić information content (AvgIpc) is 3.10. The van der Waals surface area contributed by atoms with Gasteiger partial charge in [-0.05, 0) is 75.2 Å². The van der Waals surface area contributed by atoms with Gasteiger partial charge in [-0.2, -0.15) is 0 Å². The van der Waals surface area contributed by atoms with E-state index in [1.807, 2.05) is 81.9 Å². The Balaban J connectivity index is 2.69. The number of hydrogen-bond donors (Lipinski definition) is 3. The predicted molar refractivity (Wildman–Crippen MR) is 228 cm³/mol. The standard InChI is InChI=1S/C42H78N6O13/c1-40(2,3)59-37(53)31-46-18-16-45(17-19-47(32-38(54)60-41(4,5)6)21-23-48(22-20-46)33-39(55)61-42(7,8)9)30-35(50)44-15-11-25-57-27-29-58-28-26-56-24-10-14-43-34(49)12-13-36(51)52/h10-33H2,1-9H3,(H,43,49)(H,44,50)(H,51,52). The van der Waals surface area contributed by atoms with Crippen LogP contribution in [0, 0.1) is 0 Å². The van der Waals surface area contributed by atoms with E-state index in [4.69, 9.17) is 33.5 Å². The van der Waals surface area contributed by atoms with E-state index in [2.05, 4.69) is 10.6 Å². The number of carboxylic acids is 1. The molecule has 0 aliphatic carbocycles. The predicted octanol–water partition coefficient (Wildman–Crippen LogP) is 1.16. The molecule has 0 unspecified atom stereocenters. The Morgan fingerprint density at radius 2 is 0.738 bits per heavy atom. The summed E-state index contributed by atoms with van der Waals surface area (Å²) >= 11 is 0. The summed E-state index contributed by atoms with van der Waals surface area (Å²) in [4.78, 5) is 81.9. The maximum absolute atomic E-state index is 13.2. The lowest BCUT2D eigenvalue weighted by Gasteiger charge is -2.34. The van der Waals surface area contributed by atoms with Crippen molar-refractivity contribution in [3.05, 3.63) is 0 Å². The first-order chi connectivity index (χ1) is 28.5. The van der Waals surface area contributed by atoms with E-state index in [1.54, 1.807) is 0 Å². The van der Waals surface area contributed by atoms with Gasteiger partial charge >= 0.3 is 23.9 Å². The number of nitrogens with one attached hydrogen (secondary N) is 2. The molecule has 0 aromatic heterocycles. The molecule has 0 spiro atoms. The fourth-order valence-electron chi connectivity index (χ4n) is 5.79. The van der Waals surface area contributed by atoms with E-state index in [1.165, 1.54) is 0 Å². The van der Waals surface area contributed by atoms with Crippen LogP contribution in [0.25, 0.3) is 0 Å². The van der Waals surface area contributed by atoms with Crippen molar-refractivity contribution in [2.24, 2.45) is 0 Å². The molecule has 1 saturated heterocycles. The maximum atomic E-state index is 13.2. The van der Waals surface area contributed by atoms with Crippen molar-refractivity contribution in [3.63, 3.8) is 0 Å². The van der Waals surface area contributed by atoms with Crippen molar-refractivity contribution < 1.29 is 62.3 Å². The Morgan fingerprint density at radius 1 is 0.443 bits per heavy atom. The molecular formula is C42H78N6O13. The zero-order chi connectivity index (χ0) is 45.9. The molecule has 0 aromatic rings. The van der Waals surface area contributed by atoms with Gasteiger partial charge in [0.2, 0.25) is 11.8 Å². The zero-order valence-corrected chi connectivity index (χ0v) is 38.6. The number of carbonyl (C=O) groups is 6. The normalized spacial score (nSPS) is 15.9. The Morgan fingerprint density at radius 3 is 1.05 bits per heavy atom. The number of rotatable bonds is 25. The molecule has 19 nitrogen and oxygen atoms in total. The molecular weight excluding hydrogens is 796 g/mol. The minimum Gasteiger partial charge on any atom is -0.481 e. The van der Waals surface area contributed by atoms with Crippen LogP contribution in [-0.2, 0) is 57.2 Å². The fraction of sp³-hybridized carbons (Fsp3) is 0.857. The molecule has 19 heteroatoms. The second-order valence-corrected chi connectivity index (χ2v) is 18.0. The van der Waals surface area contributed by atoms with Gasteiger partial charge in [0.05, 0.1) is 59.0 Å². The van der Waals surface area contributed by atoms with Gasteiger partial charge in [0, 0.05) is 85.1 Å². The molecule has 0 saturated carbocycles. The number of esters is 3. The molecule has 0 atom stereocenters. The molecule has 1 fully saturated rings. The Kier molecular flexibility index (Phi) is 27.1. The van der Waals surface area contributed by atoms with Crippen molar-refractivity contribution >= 4 is 35.7 Å².